The van der Waals surface area contributed by atoms with E-state index >= 15 is 0 Å². The summed E-state index contributed by atoms with van der Waals surface area (Å²) in [6, 6.07) is 0. The summed E-state index contributed by atoms with van der Waals surface area (Å²) in [5, 5.41) is 5.64. The van der Waals surface area contributed by atoms with Gasteiger partial charge in [-0.3, -0.25) is 5.01 Å². The van der Waals surface area contributed by atoms with Crippen LogP contribution >= 0.6 is 0 Å². The molecule has 0 unspecified atom stereocenters. The second-order valence-electron chi connectivity index (χ2n) is 1.79. The zero-order chi connectivity index (χ0) is 7.28. The minimum absolute atomic E-state index is 0.889. The van der Waals surface area contributed by atoms with Gasteiger partial charge in [-0.1, -0.05) is 6.08 Å². The summed E-state index contributed by atoms with van der Waals surface area (Å²) in [5.74, 6) is 0. The number of hydrazone groups is 1. The lowest BCUT2D eigenvalue weighted by atomic mass is 10.4. The van der Waals surface area contributed by atoms with Crippen LogP contribution in [-0.2, 0) is 0 Å². The Hall–Kier alpha value is -0.790. The van der Waals surface area contributed by atoms with Gasteiger partial charge in [0, 0.05) is 19.0 Å². The van der Waals surface area contributed by atoms with E-state index in [-0.39, 0.29) is 0 Å². The van der Waals surface area contributed by atoms with Crippen LogP contribution in [-0.4, -0.2) is 18.3 Å². The van der Waals surface area contributed by atoms with Crippen LogP contribution in [0.4, 0.5) is 0 Å². The Bertz CT molecular complexity index is 116. The molecule has 0 aliphatic heterocycles. The van der Waals surface area contributed by atoms with Gasteiger partial charge < -0.3 is 0 Å². The van der Waals surface area contributed by atoms with E-state index in [4.69, 9.17) is 0 Å². The third-order valence-electron chi connectivity index (χ3n) is 1.30. The molecule has 0 amide bonds. The Morgan fingerprint density at radius 3 is 2.44 bits per heavy atom. The largest absolute Gasteiger partial charge is 0.271 e. The van der Waals surface area contributed by atoms with Crippen molar-refractivity contribution in [2.24, 2.45) is 5.10 Å². The Morgan fingerprint density at radius 1 is 1.78 bits per heavy atom. The van der Waals surface area contributed by atoms with Gasteiger partial charge in [0.15, 0.2) is 0 Å². The minimum atomic E-state index is 0.889. The van der Waals surface area contributed by atoms with Gasteiger partial charge >= 0.3 is 0 Å². The number of hydrogen-bond donors (Lipinski definition) is 0. The monoisotopic (exact) mass is 126 g/mol. The van der Waals surface area contributed by atoms with Crippen LogP contribution in [0.25, 0.3) is 0 Å². The number of allylic oxidation sites excluding steroid dienone is 2. The van der Waals surface area contributed by atoms with Crippen LogP contribution in [0.15, 0.2) is 16.9 Å². The molecule has 0 spiro atoms. The summed E-state index contributed by atoms with van der Waals surface area (Å²) in [6.45, 7) is 10.4. The van der Waals surface area contributed by atoms with Crippen molar-refractivity contribution in [2.75, 3.05) is 6.54 Å². The molecule has 0 saturated carbocycles. The van der Waals surface area contributed by atoms with E-state index in [1.807, 2.05) is 31.9 Å². The van der Waals surface area contributed by atoms with Crippen LogP contribution in [0.5, 0.6) is 0 Å². The number of hydrogen-bond acceptors (Lipinski definition) is 2. The summed E-state index contributed by atoms with van der Waals surface area (Å²) in [4.78, 5) is 0. The molecule has 0 aromatic carbocycles. The summed E-state index contributed by atoms with van der Waals surface area (Å²) >= 11 is 0. The molecule has 0 atom stereocenters. The maximum absolute atomic E-state index is 3.79. The molecule has 0 aromatic heterocycles. The first-order chi connectivity index (χ1) is 4.26. The van der Waals surface area contributed by atoms with E-state index in [2.05, 4.69) is 11.8 Å². The minimum Gasteiger partial charge on any atom is -0.271 e. The standard InChI is InChI=1S/C7H14N2/c1-5-7(3)9(6-2)8-4/h5H,4,6H2,1-3H3/b7-5-. The second kappa shape index (κ2) is 4.13. The zero-order valence-electron chi connectivity index (χ0n) is 6.39. The van der Waals surface area contributed by atoms with Crippen molar-refractivity contribution in [3.05, 3.63) is 11.8 Å². The molecule has 0 N–H and O–H groups in total. The molecule has 0 aliphatic rings. The summed E-state index contributed by atoms with van der Waals surface area (Å²) in [5.41, 5.74) is 1.15. The first-order valence-corrected chi connectivity index (χ1v) is 3.13. The second-order valence-corrected chi connectivity index (χ2v) is 1.79. The molecule has 9 heavy (non-hydrogen) atoms. The fourth-order valence-corrected chi connectivity index (χ4v) is 0.610. The maximum Gasteiger partial charge on any atom is 0.0383 e. The third kappa shape index (κ3) is 2.31. The van der Waals surface area contributed by atoms with E-state index in [9.17, 15) is 0 Å². The first-order valence-electron chi connectivity index (χ1n) is 3.13. The summed E-state index contributed by atoms with van der Waals surface area (Å²) < 4.78 is 0. The maximum atomic E-state index is 3.79. The Labute approximate surface area is 56.9 Å². The van der Waals surface area contributed by atoms with Crippen molar-refractivity contribution in [1.29, 1.82) is 0 Å². The van der Waals surface area contributed by atoms with Crippen LogP contribution in [0.3, 0.4) is 0 Å². The number of rotatable bonds is 3. The molecule has 0 aliphatic carbocycles. The molecule has 2 nitrogen and oxygen atoms in total. The van der Waals surface area contributed by atoms with E-state index in [0.717, 1.165) is 12.2 Å². The highest BCUT2D eigenvalue weighted by Gasteiger charge is 1.94. The normalized spacial score (nSPS) is 11.2. The van der Waals surface area contributed by atoms with Gasteiger partial charge in [0.2, 0.25) is 0 Å². The molecular formula is C7H14N2. The Kier molecular flexibility index (Phi) is 3.76. The van der Waals surface area contributed by atoms with Gasteiger partial charge in [0.05, 0.1) is 0 Å². The highest BCUT2D eigenvalue weighted by Crippen LogP contribution is 2.00. The van der Waals surface area contributed by atoms with E-state index in [1.54, 1.807) is 0 Å². The van der Waals surface area contributed by atoms with Crippen LogP contribution < -0.4 is 0 Å². The van der Waals surface area contributed by atoms with E-state index in [0.29, 0.717) is 0 Å². The molecular weight excluding hydrogens is 112 g/mol. The predicted octanol–water partition coefficient (Wildman–Crippen LogP) is 1.85. The average Bonchev–Trinajstić information content (AvgIpc) is 1.90. The van der Waals surface area contributed by atoms with Crippen molar-refractivity contribution in [3.8, 4) is 0 Å². The lowest BCUT2D eigenvalue weighted by Crippen LogP contribution is -2.12. The summed E-state index contributed by atoms with van der Waals surface area (Å²) in [7, 11) is 0. The lowest BCUT2D eigenvalue weighted by Gasteiger charge is -2.15. The Balaban J connectivity index is 3.94. The topological polar surface area (TPSA) is 15.6 Å². The van der Waals surface area contributed by atoms with Gasteiger partial charge in [-0.15, -0.1) is 0 Å². The van der Waals surface area contributed by atoms with Crippen molar-refractivity contribution < 1.29 is 0 Å². The third-order valence-corrected chi connectivity index (χ3v) is 1.30. The Morgan fingerprint density at radius 2 is 2.33 bits per heavy atom. The van der Waals surface area contributed by atoms with Crippen LogP contribution in [0.2, 0.25) is 0 Å². The average molecular weight is 126 g/mol. The quantitative estimate of drug-likeness (QED) is 0.416. The number of nitrogens with zero attached hydrogens (tertiary/aromatic N) is 2. The highest BCUT2D eigenvalue weighted by atomic mass is 15.4. The van der Waals surface area contributed by atoms with Gasteiger partial charge in [0.1, 0.15) is 0 Å². The van der Waals surface area contributed by atoms with Crippen molar-refractivity contribution in [2.45, 2.75) is 20.8 Å². The van der Waals surface area contributed by atoms with Gasteiger partial charge in [0.25, 0.3) is 0 Å². The highest BCUT2D eigenvalue weighted by molar-refractivity contribution is 5.23. The molecule has 0 radical (unpaired) electrons. The van der Waals surface area contributed by atoms with Gasteiger partial charge in [-0.2, -0.15) is 5.10 Å². The van der Waals surface area contributed by atoms with Crippen molar-refractivity contribution >= 4 is 6.72 Å². The summed E-state index contributed by atoms with van der Waals surface area (Å²) in [6.07, 6.45) is 2.01. The zero-order valence-corrected chi connectivity index (χ0v) is 6.39. The fourth-order valence-electron chi connectivity index (χ4n) is 0.610. The van der Waals surface area contributed by atoms with Gasteiger partial charge in [-0.05, 0) is 20.8 Å². The molecule has 52 valence electrons. The molecule has 0 fully saturated rings. The lowest BCUT2D eigenvalue weighted by molar-refractivity contribution is 0.388. The van der Waals surface area contributed by atoms with Crippen LogP contribution in [0.1, 0.15) is 20.8 Å². The smallest absolute Gasteiger partial charge is 0.0383 e. The van der Waals surface area contributed by atoms with Crippen molar-refractivity contribution in [1.82, 2.24) is 5.01 Å². The fraction of sp³-hybridized carbons (Fsp3) is 0.571. The van der Waals surface area contributed by atoms with Crippen LogP contribution in [0, 0.1) is 0 Å². The SMILES string of the molecule is C=NN(CC)/C(C)=C\C. The molecule has 0 rings (SSSR count). The molecule has 0 bridgehead atoms. The molecule has 0 saturated heterocycles. The molecule has 0 aromatic rings. The first kappa shape index (κ1) is 8.21. The van der Waals surface area contributed by atoms with Crippen molar-refractivity contribution in [3.63, 3.8) is 0 Å². The van der Waals surface area contributed by atoms with Gasteiger partial charge in [-0.25, -0.2) is 0 Å². The molecule has 2 heteroatoms. The molecule has 0 heterocycles. The van der Waals surface area contributed by atoms with E-state index < -0.39 is 0 Å². The van der Waals surface area contributed by atoms with E-state index in [1.165, 1.54) is 0 Å². The predicted molar refractivity (Wildman–Crippen MR) is 41.4 cm³/mol.